The Balaban J connectivity index is 1.41. The Morgan fingerprint density at radius 1 is 1.30 bits per heavy atom. The summed E-state index contributed by atoms with van der Waals surface area (Å²) in [7, 11) is 0. The van der Waals surface area contributed by atoms with E-state index in [0.717, 1.165) is 0 Å². The van der Waals surface area contributed by atoms with Crippen molar-refractivity contribution in [2.24, 2.45) is 17.6 Å². The van der Waals surface area contributed by atoms with Gasteiger partial charge in [-0.3, -0.25) is 15.0 Å². The van der Waals surface area contributed by atoms with Gasteiger partial charge in [-0.1, -0.05) is 6.92 Å². The zero-order valence-electron chi connectivity index (χ0n) is 19.0. The fourth-order valence-electron chi connectivity index (χ4n) is 5.58. The number of hydrogen-bond donors (Lipinski definition) is 5. The van der Waals surface area contributed by atoms with E-state index in [0.29, 0.717) is 37.5 Å². The summed E-state index contributed by atoms with van der Waals surface area (Å²) in [6.07, 6.45) is -0.270. The number of nitrogens with two attached hydrogens (primary N) is 1. The number of hydrogen-bond acceptors (Lipinski definition) is 7. The van der Waals surface area contributed by atoms with E-state index in [1.165, 1.54) is 16.7 Å². The van der Waals surface area contributed by atoms with Gasteiger partial charge in [-0.25, -0.2) is 4.79 Å². The summed E-state index contributed by atoms with van der Waals surface area (Å²) in [5, 5.41) is 30.7. The first-order valence-corrected chi connectivity index (χ1v) is 12.2. The van der Waals surface area contributed by atoms with Crippen LogP contribution in [0, 0.1) is 17.2 Å². The molecule has 0 unspecified atom stereocenters. The van der Waals surface area contributed by atoms with Crippen LogP contribution < -0.4 is 11.1 Å². The number of carboxylic acids is 1. The zero-order valence-corrected chi connectivity index (χ0v) is 19.8. The summed E-state index contributed by atoms with van der Waals surface area (Å²) in [5.41, 5.74) is 5.62. The highest BCUT2D eigenvalue weighted by atomic mass is 32.2. The SMILES string of the molecule is C[C@@H]1CN(C(=O)[C@@H]2C[C@H](SC3=C(C(=O)O)N4C(=O)[C@H]([C@@H](C)O)[C@H]4[C@H]3C)CN2)CCN1C(=N)N. The maximum absolute atomic E-state index is 13.1. The van der Waals surface area contributed by atoms with E-state index in [1.807, 2.05) is 13.8 Å². The van der Waals surface area contributed by atoms with Crippen LogP contribution in [-0.4, -0.2) is 104 Å². The average molecular weight is 481 g/mol. The van der Waals surface area contributed by atoms with E-state index in [2.05, 4.69) is 5.32 Å². The Kier molecular flexibility index (Phi) is 6.36. The number of rotatable bonds is 5. The monoisotopic (exact) mass is 480 g/mol. The third kappa shape index (κ3) is 3.97. The Morgan fingerprint density at radius 3 is 2.58 bits per heavy atom. The second-order valence-corrected chi connectivity index (χ2v) is 10.8. The number of carbonyl (C=O) groups excluding carboxylic acids is 2. The van der Waals surface area contributed by atoms with Crippen molar-refractivity contribution < 1.29 is 24.6 Å². The van der Waals surface area contributed by atoms with Gasteiger partial charge in [0.2, 0.25) is 11.8 Å². The molecule has 4 heterocycles. The van der Waals surface area contributed by atoms with Crippen LogP contribution in [0.2, 0.25) is 0 Å². The molecule has 11 nitrogen and oxygen atoms in total. The largest absolute Gasteiger partial charge is 0.477 e. The fraction of sp³-hybridized carbons (Fsp3) is 0.714. The van der Waals surface area contributed by atoms with E-state index in [9.17, 15) is 24.6 Å². The van der Waals surface area contributed by atoms with Gasteiger partial charge in [0.25, 0.3) is 0 Å². The number of fused-ring (bicyclic) bond motifs is 1. The number of amides is 2. The highest BCUT2D eigenvalue weighted by Crippen LogP contribution is 2.51. The zero-order chi connectivity index (χ0) is 24.2. The van der Waals surface area contributed by atoms with Crippen molar-refractivity contribution in [3.05, 3.63) is 10.6 Å². The topological polar surface area (TPSA) is 163 Å². The van der Waals surface area contributed by atoms with Crippen LogP contribution in [0.15, 0.2) is 10.6 Å². The first-order chi connectivity index (χ1) is 15.5. The Hall–Kier alpha value is -2.31. The maximum Gasteiger partial charge on any atom is 0.353 e. The molecule has 182 valence electrons. The predicted octanol–water partition coefficient (Wildman–Crippen LogP) is -0.970. The molecule has 3 saturated heterocycles. The van der Waals surface area contributed by atoms with Crippen LogP contribution >= 0.6 is 11.8 Å². The molecule has 0 aliphatic carbocycles. The maximum atomic E-state index is 13.1. The number of aliphatic carboxylic acids is 1. The lowest BCUT2D eigenvalue weighted by atomic mass is 9.79. The third-order valence-corrected chi connectivity index (χ3v) is 8.75. The summed E-state index contributed by atoms with van der Waals surface area (Å²) in [5.74, 6) is -2.23. The fourth-order valence-corrected chi connectivity index (χ4v) is 7.05. The van der Waals surface area contributed by atoms with Crippen LogP contribution in [0.1, 0.15) is 27.2 Å². The molecule has 0 aromatic heterocycles. The van der Waals surface area contributed by atoms with Gasteiger partial charge in [0.15, 0.2) is 5.96 Å². The minimum Gasteiger partial charge on any atom is -0.477 e. The van der Waals surface area contributed by atoms with E-state index >= 15 is 0 Å². The van der Waals surface area contributed by atoms with Crippen LogP contribution in [0.3, 0.4) is 0 Å². The number of aliphatic hydroxyl groups is 1. The molecule has 6 N–H and O–H groups in total. The van der Waals surface area contributed by atoms with Crippen molar-refractivity contribution in [3.63, 3.8) is 0 Å². The molecule has 0 saturated carbocycles. The molecule has 7 atom stereocenters. The highest BCUT2D eigenvalue weighted by molar-refractivity contribution is 8.03. The molecule has 3 fully saturated rings. The highest BCUT2D eigenvalue weighted by Gasteiger charge is 2.60. The van der Waals surface area contributed by atoms with E-state index < -0.39 is 18.0 Å². The van der Waals surface area contributed by atoms with Gasteiger partial charge in [0, 0.05) is 48.3 Å². The molecule has 0 spiro atoms. The number of nitrogens with zero attached hydrogens (tertiary/aromatic N) is 3. The lowest BCUT2D eigenvalue weighted by molar-refractivity contribution is -0.163. The molecule has 4 aliphatic heterocycles. The smallest absolute Gasteiger partial charge is 0.353 e. The number of β-lactam (4-membered cyclic amide) rings is 1. The number of thioether (sulfide) groups is 1. The van der Waals surface area contributed by atoms with Gasteiger partial charge in [-0.2, -0.15) is 0 Å². The average Bonchev–Trinajstić information content (AvgIpc) is 3.29. The number of carbonyl (C=O) groups is 3. The molecular formula is C21H32N6O5S. The van der Waals surface area contributed by atoms with Gasteiger partial charge in [0.05, 0.1) is 24.1 Å². The second kappa shape index (κ2) is 8.80. The van der Waals surface area contributed by atoms with Gasteiger partial charge in [0.1, 0.15) is 5.70 Å². The first-order valence-electron chi connectivity index (χ1n) is 11.3. The Bertz CT molecular complexity index is 910. The quantitative estimate of drug-likeness (QED) is 0.189. The van der Waals surface area contributed by atoms with Crippen molar-refractivity contribution in [3.8, 4) is 0 Å². The second-order valence-electron chi connectivity index (χ2n) is 9.42. The van der Waals surface area contributed by atoms with Crippen molar-refractivity contribution >= 4 is 35.5 Å². The minimum absolute atomic E-state index is 0.000448. The number of aliphatic hydroxyl groups excluding tert-OH is 1. The van der Waals surface area contributed by atoms with Gasteiger partial charge in [-0.05, 0) is 20.3 Å². The molecule has 0 bridgehead atoms. The molecule has 0 radical (unpaired) electrons. The molecule has 0 aromatic carbocycles. The van der Waals surface area contributed by atoms with E-state index in [4.69, 9.17) is 11.1 Å². The molecule has 4 rings (SSSR count). The standard InChI is InChI=1S/C21H32N6O5S/c1-9-8-25(4-5-26(9)21(22)23)18(29)13-6-12(7-24-13)33-17-10(2)15-14(11(3)28)19(30)27(15)16(17)20(31)32/h9-15,24,28H,4-8H2,1-3H3,(H3,22,23)(H,31,32)/t9-,10-,11-,12+,13+,14-,15-/m1/s1. The van der Waals surface area contributed by atoms with E-state index in [-0.39, 0.29) is 52.8 Å². The molecule has 33 heavy (non-hydrogen) atoms. The summed E-state index contributed by atoms with van der Waals surface area (Å²) in [6.45, 7) is 7.49. The molecule has 12 heteroatoms. The van der Waals surface area contributed by atoms with Crippen LogP contribution in [0.5, 0.6) is 0 Å². The van der Waals surface area contributed by atoms with Gasteiger partial charge < -0.3 is 36.0 Å². The van der Waals surface area contributed by atoms with Crippen molar-refractivity contribution in [2.45, 2.75) is 56.7 Å². The number of guanidine groups is 1. The normalized spacial score (nSPS) is 34.9. The van der Waals surface area contributed by atoms with Crippen LogP contribution in [0.4, 0.5) is 0 Å². The van der Waals surface area contributed by atoms with Crippen molar-refractivity contribution in [1.29, 1.82) is 5.41 Å². The molecule has 2 amide bonds. The lowest BCUT2D eigenvalue weighted by Gasteiger charge is -2.46. The van der Waals surface area contributed by atoms with Crippen LogP contribution in [-0.2, 0) is 14.4 Å². The Morgan fingerprint density at radius 2 is 2.00 bits per heavy atom. The van der Waals surface area contributed by atoms with Crippen molar-refractivity contribution in [1.82, 2.24) is 20.0 Å². The molecule has 0 aromatic rings. The first kappa shape index (κ1) is 23.8. The number of nitrogens with one attached hydrogen (secondary N) is 2. The summed E-state index contributed by atoms with van der Waals surface area (Å²) >= 11 is 1.43. The lowest BCUT2D eigenvalue weighted by Crippen LogP contribution is -2.63. The molecule has 4 aliphatic rings. The Labute approximate surface area is 196 Å². The summed E-state index contributed by atoms with van der Waals surface area (Å²) < 4.78 is 0. The van der Waals surface area contributed by atoms with Crippen molar-refractivity contribution in [2.75, 3.05) is 26.2 Å². The minimum atomic E-state index is -1.14. The number of carboxylic acid groups (broad SMARTS) is 1. The summed E-state index contributed by atoms with van der Waals surface area (Å²) in [4.78, 5) is 43.1. The van der Waals surface area contributed by atoms with Gasteiger partial charge >= 0.3 is 5.97 Å². The van der Waals surface area contributed by atoms with E-state index in [1.54, 1.807) is 16.7 Å². The van der Waals surface area contributed by atoms with Crippen LogP contribution in [0.25, 0.3) is 0 Å². The number of piperazine rings is 1. The summed E-state index contributed by atoms with van der Waals surface area (Å²) in [6, 6.07) is -0.719. The molecular weight excluding hydrogens is 448 g/mol. The predicted molar refractivity (Wildman–Crippen MR) is 122 cm³/mol. The van der Waals surface area contributed by atoms with Gasteiger partial charge in [-0.15, -0.1) is 11.8 Å². The third-order valence-electron chi connectivity index (χ3n) is 7.24.